The van der Waals surface area contributed by atoms with Gasteiger partial charge in [-0.25, -0.2) is 9.59 Å². The largest absolute Gasteiger partial charge is 0.481 e. The molecule has 9 rings (SSSR count). The number of fused-ring (bicyclic) bond motifs is 5. The van der Waals surface area contributed by atoms with Gasteiger partial charge in [0, 0.05) is 38.5 Å². The highest BCUT2D eigenvalue weighted by Gasteiger charge is 2.79. The van der Waals surface area contributed by atoms with Crippen LogP contribution in [-0.4, -0.2) is 157 Å². The van der Waals surface area contributed by atoms with Crippen molar-refractivity contribution in [1.29, 1.82) is 0 Å². The molecule has 2 saturated heterocycles. The molecule has 4 aromatic carbocycles. The molecule has 0 radical (unpaired) electrons. The average molecular weight is 1290 g/mol. The minimum atomic E-state index is -2.64. The van der Waals surface area contributed by atoms with Gasteiger partial charge in [-0.05, 0) is 60.2 Å². The molecule has 91 heavy (non-hydrogen) atoms. The number of hydrogen-bond donors (Lipinski definition) is 4. The topological polar surface area (TPSA) is 320 Å². The number of nitrogens with one attached hydrogen (secondary N) is 2. The van der Waals surface area contributed by atoms with Crippen molar-refractivity contribution in [2.24, 2.45) is 16.7 Å². The van der Waals surface area contributed by atoms with Crippen LogP contribution in [0.4, 0.5) is 0 Å². The number of benzene rings is 4. The highest BCUT2D eigenvalue weighted by atomic mass is 32.2. The number of hydrogen-bond acceptors (Lipinski definition) is 21. The fourth-order valence-electron chi connectivity index (χ4n) is 13.2. The van der Waals surface area contributed by atoms with Crippen molar-refractivity contribution < 1.29 is 96.1 Å². The standard InChI is InChI=1S/C66H69N3O20S2/c1-36-44(85-61(81)55(87-51(77)30-40-21-13-8-14-22-40)53(41-23-15-9-16-24-41)68-59(79)43(27-28-49(74)75)67-47(72)33-69-48(73)34-91-62(69)90)32-66(82)58(88-60(80)42-25-17-10-18-26-42)56-64(6,57(78)54(84-37(2)70)52(36)63(66,4)5)45(31-46-65(56,35-83-46)89-38(3)71)86-50(76)29-39-19-11-7-12-20-39/h7-26,43-46,53-56,58,82H,27-35H2,1-6H3,(H,67,72)(H,68,79)(H,74,75)/t43-,44+,45+,46-,53+,54-,55-,56+,58+,64-,65+,66-/m1/s1. The summed E-state index contributed by atoms with van der Waals surface area (Å²) >= 11 is 6.27. The normalized spacial score (nSPS) is 26.5. The fourth-order valence-corrected chi connectivity index (χ4v) is 14.3. The third-order valence-electron chi connectivity index (χ3n) is 17.8. The van der Waals surface area contributed by atoms with Crippen molar-refractivity contribution >= 4 is 93.6 Å². The van der Waals surface area contributed by atoms with Crippen LogP contribution in [0.15, 0.2) is 132 Å². The summed E-state index contributed by atoms with van der Waals surface area (Å²) in [5.74, 6) is -12.7. The summed E-state index contributed by atoms with van der Waals surface area (Å²) in [4.78, 5) is 157. The van der Waals surface area contributed by atoms with E-state index in [2.05, 4.69) is 10.6 Å². The van der Waals surface area contributed by atoms with E-state index in [1.54, 1.807) is 97.1 Å². The predicted octanol–water partition coefficient (Wildman–Crippen LogP) is 5.22. The molecular weight excluding hydrogens is 1220 g/mol. The first-order valence-corrected chi connectivity index (χ1v) is 30.8. The summed E-state index contributed by atoms with van der Waals surface area (Å²) in [5, 5.41) is 29.4. The molecule has 480 valence electrons. The van der Waals surface area contributed by atoms with Crippen LogP contribution in [0.5, 0.6) is 0 Å². The van der Waals surface area contributed by atoms with Gasteiger partial charge in [-0.1, -0.05) is 147 Å². The summed E-state index contributed by atoms with van der Waals surface area (Å²) in [6.45, 7) is 6.92. The molecule has 3 aliphatic carbocycles. The third-order valence-corrected chi connectivity index (χ3v) is 19.2. The Morgan fingerprint density at radius 3 is 1.91 bits per heavy atom. The van der Waals surface area contributed by atoms with Gasteiger partial charge in [0.05, 0.1) is 42.1 Å². The molecule has 12 atom stereocenters. The number of thioether (sulfide) groups is 1. The van der Waals surface area contributed by atoms with Crippen LogP contribution >= 0.6 is 24.0 Å². The Morgan fingerprint density at radius 2 is 1.36 bits per heavy atom. The second-order valence-electron chi connectivity index (χ2n) is 23.9. The van der Waals surface area contributed by atoms with Gasteiger partial charge >= 0.3 is 41.8 Å². The number of ether oxygens (including phenoxy) is 7. The highest BCUT2D eigenvalue weighted by molar-refractivity contribution is 8.24. The summed E-state index contributed by atoms with van der Waals surface area (Å²) in [6, 6.07) is 28.7. The van der Waals surface area contributed by atoms with E-state index < -0.39 is 181 Å². The van der Waals surface area contributed by atoms with Crippen LogP contribution < -0.4 is 10.6 Å². The van der Waals surface area contributed by atoms with E-state index in [0.29, 0.717) is 11.1 Å². The molecule has 25 heteroatoms. The number of carbonyl (C=O) groups is 11. The van der Waals surface area contributed by atoms with Crippen LogP contribution in [0.25, 0.3) is 0 Å². The van der Waals surface area contributed by atoms with Gasteiger partial charge in [-0.3, -0.25) is 48.1 Å². The van der Waals surface area contributed by atoms with Crippen LogP contribution in [-0.2, 0) is 93.9 Å². The molecule has 23 nitrogen and oxygen atoms in total. The lowest BCUT2D eigenvalue weighted by molar-refractivity contribution is -0.346. The minimum Gasteiger partial charge on any atom is -0.481 e. The number of aliphatic hydroxyl groups is 1. The summed E-state index contributed by atoms with van der Waals surface area (Å²) in [5.41, 5.74) is -7.82. The number of rotatable bonds is 22. The molecule has 5 aliphatic rings. The molecule has 2 bridgehead atoms. The summed E-state index contributed by atoms with van der Waals surface area (Å²) < 4.78 is 44.3. The molecule has 2 aliphatic heterocycles. The lowest BCUT2D eigenvalue weighted by Crippen LogP contribution is -2.82. The SMILES string of the molecule is CC(=O)O[C@H]1C(=O)[C@]2(C)[C@@H](OC(=O)Cc3ccccc3)C[C@H]3OC[C@@]3(OC(C)=O)[C@H]2[C@H](OC(=O)c2ccccc2)[C@]2(O)C[C@H](OC(=O)[C@H](OC(=O)Cc3ccccc3)[C@@H](NC(=O)[C@@H](CCC(=O)O)NC(=O)CN3C(=O)CSC3=S)c3ccccc3)C(C)=C1C2(C)C. The molecule has 2 saturated carbocycles. The quantitative estimate of drug-likeness (QED) is 0.0339. The van der Waals surface area contributed by atoms with Gasteiger partial charge in [0.25, 0.3) is 0 Å². The molecule has 4 fully saturated rings. The Kier molecular flexibility index (Phi) is 20.1. The number of ketones is 1. The number of thiocarbonyl (C=S) groups is 1. The smallest absolute Gasteiger partial charge is 0.350 e. The maximum atomic E-state index is 16.6. The van der Waals surface area contributed by atoms with Gasteiger partial charge < -0.3 is 54.0 Å². The van der Waals surface area contributed by atoms with Crippen LogP contribution in [0, 0.1) is 16.7 Å². The third kappa shape index (κ3) is 13.8. The number of Topliss-reactive ketones (excluding diaryl/α,β-unsaturated/α-hetero) is 1. The number of aliphatic carboxylic acids is 1. The summed E-state index contributed by atoms with van der Waals surface area (Å²) in [7, 11) is 0. The van der Waals surface area contributed by atoms with Crippen molar-refractivity contribution in [1.82, 2.24) is 15.5 Å². The Balaban J connectivity index is 1.19. The second-order valence-corrected chi connectivity index (χ2v) is 25.5. The number of carboxylic acid groups (broad SMARTS) is 1. The molecule has 3 amide bonds. The Labute approximate surface area is 533 Å². The number of esters is 6. The second kappa shape index (κ2) is 27.4. The van der Waals surface area contributed by atoms with E-state index >= 15 is 9.59 Å². The Bertz CT molecular complexity index is 3540. The highest BCUT2D eigenvalue weighted by Crippen LogP contribution is 2.65. The maximum absolute atomic E-state index is 16.6. The molecule has 2 heterocycles. The Morgan fingerprint density at radius 1 is 0.769 bits per heavy atom. The first kappa shape index (κ1) is 66.8. The lowest BCUT2D eigenvalue weighted by atomic mass is 9.44. The minimum absolute atomic E-state index is 0.00580. The van der Waals surface area contributed by atoms with Crippen molar-refractivity contribution in [3.05, 3.63) is 155 Å². The molecule has 4 aromatic rings. The maximum Gasteiger partial charge on any atom is 0.350 e. The van der Waals surface area contributed by atoms with E-state index in [4.69, 9.17) is 45.4 Å². The van der Waals surface area contributed by atoms with Gasteiger partial charge in [0.1, 0.15) is 53.0 Å². The average Bonchev–Trinajstić information content (AvgIpc) is 0.827. The number of carboxylic acids is 1. The first-order chi connectivity index (χ1) is 43.2. The number of carbonyl (C=O) groups excluding carboxylic acids is 10. The molecule has 0 aromatic heterocycles. The number of nitrogens with zero attached hydrogens (tertiary/aromatic N) is 1. The lowest BCUT2D eigenvalue weighted by Gasteiger charge is -2.67. The molecular formula is C66H69N3O20S2. The Hall–Kier alpha value is -8.65. The molecule has 4 N–H and O–H groups in total. The van der Waals surface area contributed by atoms with E-state index in [1.807, 2.05) is 0 Å². The van der Waals surface area contributed by atoms with Crippen LogP contribution in [0.3, 0.4) is 0 Å². The molecule has 0 unspecified atom stereocenters. The van der Waals surface area contributed by atoms with Gasteiger partial charge in [0.2, 0.25) is 23.8 Å². The first-order valence-electron chi connectivity index (χ1n) is 29.4. The molecule has 0 spiro atoms. The predicted molar refractivity (Wildman–Crippen MR) is 326 cm³/mol. The van der Waals surface area contributed by atoms with Crippen LogP contribution in [0.1, 0.15) is 100 Å². The van der Waals surface area contributed by atoms with Crippen molar-refractivity contribution in [3.8, 4) is 0 Å². The zero-order valence-corrected chi connectivity index (χ0v) is 52.2. The monoisotopic (exact) mass is 1290 g/mol. The van der Waals surface area contributed by atoms with E-state index in [0.717, 1.165) is 30.5 Å². The van der Waals surface area contributed by atoms with Gasteiger partial charge in [0.15, 0.2) is 17.5 Å². The van der Waals surface area contributed by atoms with Crippen molar-refractivity contribution in [3.63, 3.8) is 0 Å². The van der Waals surface area contributed by atoms with Gasteiger partial charge in [-0.2, -0.15) is 0 Å². The zero-order chi connectivity index (χ0) is 65.7. The number of amides is 3. The van der Waals surface area contributed by atoms with E-state index in [1.165, 1.54) is 52.0 Å². The van der Waals surface area contributed by atoms with E-state index in [9.17, 15) is 53.4 Å². The summed E-state index contributed by atoms with van der Waals surface area (Å²) in [6.07, 6.45) is -13.7. The zero-order valence-electron chi connectivity index (χ0n) is 50.6. The van der Waals surface area contributed by atoms with Crippen LogP contribution in [0.2, 0.25) is 0 Å². The van der Waals surface area contributed by atoms with Gasteiger partial charge in [-0.15, -0.1) is 0 Å². The van der Waals surface area contributed by atoms with Crippen molar-refractivity contribution in [2.75, 3.05) is 18.9 Å². The fraction of sp³-hybridized carbons (Fsp3) is 0.424. The van der Waals surface area contributed by atoms with Crippen molar-refractivity contribution in [2.45, 2.75) is 140 Å². The van der Waals surface area contributed by atoms with E-state index in [-0.39, 0.29) is 45.2 Å².